The van der Waals surface area contributed by atoms with Crippen molar-refractivity contribution in [2.24, 2.45) is 34.5 Å². The van der Waals surface area contributed by atoms with E-state index in [0.717, 1.165) is 5.57 Å². The lowest BCUT2D eigenvalue weighted by Crippen LogP contribution is -2.66. The van der Waals surface area contributed by atoms with Gasteiger partial charge in [0.25, 0.3) is 0 Å². The number of aliphatic hydroxyl groups excluding tert-OH is 1. The summed E-state index contributed by atoms with van der Waals surface area (Å²) in [6.07, 6.45) is 3.12. The van der Waals surface area contributed by atoms with Crippen LogP contribution in [-0.2, 0) is 33.3 Å². The standard InChI is InChI=1S/C29H44O8/c1-9-16(3)11-12-28(8)18(5)13-24(32)29-22(26(34-19(6)30)37-27(29)35-20(7)31)14-21(15-23(28)29)36-25(33)17(4)10-2/h9,11,17-18,21-24,26-27,32H,1,10,12-15H2,2-8H3/b16-11+/t17?,18-,21-,22+,23+,24+,26+,27?,28-,29-/m0/s1. The Labute approximate surface area is 220 Å². The molecule has 3 fully saturated rings. The first kappa shape index (κ1) is 29.4. The summed E-state index contributed by atoms with van der Waals surface area (Å²) in [7, 11) is 0. The third-order valence-electron chi connectivity index (χ3n) is 9.37. The molecule has 1 aliphatic heterocycles. The summed E-state index contributed by atoms with van der Waals surface area (Å²) in [4.78, 5) is 37.1. The normalized spacial score (nSPS) is 40.1. The Morgan fingerprint density at radius 3 is 2.32 bits per heavy atom. The van der Waals surface area contributed by atoms with Crippen LogP contribution in [-0.4, -0.2) is 47.8 Å². The van der Waals surface area contributed by atoms with Gasteiger partial charge in [-0.05, 0) is 56.3 Å². The van der Waals surface area contributed by atoms with Gasteiger partial charge in [-0.3, -0.25) is 14.4 Å². The van der Waals surface area contributed by atoms with Gasteiger partial charge in [-0.2, -0.15) is 0 Å². The van der Waals surface area contributed by atoms with Crippen molar-refractivity contribution in [2.45, 2.75) is 105 Å². The van der Waals surface area contributed by atoms with Crippen molar-refractivity contribution in [3.63, 3.8) is 0 Å². The quantitative estimate of drug-likeness (QED) is 0.279. The van der Waals surface area contributed by atoms with Gasteiger partial charge in [0.05, 0.1) is 17.4 Å². The first-order chi connectivity index (χ1) is 17.3. The number of aliphatic hydroxyl groups is 1. The molecule has 1 N–H and O–H groups in total. The molecule has 1 spiro atoms. The fraction of sp³-hybridized carbons (Fsp3) is 0.759. The highest BCUT2D eigenvalue weighted by Crippen LogP contribution is 2.68. The molecule has 0 amide bonds. The third-order valence-corrected chi connectivity index (χ3v) is 9.37. The number of ether oxygens (including phenoxy) is 4. The van der Waals surface area contributed by atoms with Crippen molar-refractivity contribution in [3.05, 3.63) is 24.3 Å². The lowest BCUT2D eigenvalue weighted by molar-refractivity contribution is -0.264. The average Bonchev–Trinajstić information content (AvgIpc) is 3.12. The first-order valence-corrected chi connectivity index (χ1v) is 13.5. The molecule has 0 bridgehead atoms. The summed E-state index contributed by atoms with van der Waals surface area (Å²) in [6, 6.07) is 0. The Balaban J connectivity index is 2.16. The highest BCUT2D eigenvalue weighted by atomic mass is 16.8. The van der Waals surface area contributed by atoms with Gasteiger partial charge in [-0.1, -0.05) is 52.0 Å². The third kappa shape index (κ3) is 5.37. The molecule has 2 aliphatic carbocycles. The van der Waals surface area contributed by atoms with E-state index in [1.807, 2.05) is 20.8 Å². The molecule has 3 rings (SSSR count). The van der Waals surface area contributed by atoms with Crippen LogP contribution in [0.3, 0.4) is 0 Å². The Hall–Kier alpha value is -2.19. The van der Waals surface area contributed by atoms with Crippen molar-refractivity contribution in [2.75, 3.05) is 0 Å². The van der Waals surface area contributed by atoms with Crippen LogP contribution in [0, 0.1) is 34.5 Å². The minimum Gasteiger partial charge on any atom is -0.462 e. The molecule has 0 aromatic heterocycles. The molecule has 10 atom stereocenters. The molecule has 3 aliphatic rings. The van der Waals surface area contributed by atoms with Crippen LogP contribution in [0.2, 0.25) is 0 Å². The minimum atomic E-state index is -1.10. The SMILES string of the molecule is C=C/C(C)=C/C[C@]1(C)[C@H]2C[C@@H](OC(=O)C(C)CC)C[C@@H]3[C@H](OC(C)=O)OC(OC(C)=O)[C@@]32[C@H](O)C[C@@H]1C. The summed E-state index contributed by atoms with van der Waals surface area (Å²) in [6.45, 7) is 16.5. The summed E-state index contributed by atoms with van der Waals surface area (Å²) in [5, 5.41) is 11.8. The van der Waals surface area contributed by atoms with Gasteiger partial charge in [-0.25, -0.2) is 0 Å². The van der Waals surface area contributed by atoms with Crippen LogP contribution in [0.15, 0.2) is 24.3 Å². The van der Waals surface area contributed by atoms with Gasteiger partial charge in [-0.15, -0.1) is 0 Å². The van der Waals surface area contributed by atoms with Crippen LogP contribution in [0.4, 0.5) is 0 Å². The van der Waals surface area contributed by atoms with Gasteiger partial charge in [0, 0.05) is 19.8 Å². The van der Waals surface area contributed by atoms with E-state index in [1.54, 1.807) is 6.08 Å². The van der Waals surface area contributed by atoms with Crippen LogP contribution in [0.1, 0.15) is 80.6 Å². The van der Waals surface area contributed by atoms with Crippen molar-refractivity contribution >= 4 is 17.9 Å². The maximum atomic E-state index is 12.8. The van der Waals surface area contributed by atoms with Crippen LogP contribution in [0.25, 0.3) is 0 Å². The van der Waals surface area contributed by atoms with E-state index in [9.17, 15) is 19.5 Å². The molecule has 0 aromatic carbocycles. The zero-order valence-corrected chi connectivity index (χ0v) is 23.3. The highest BCUT2D eigenvalue weighted by molar-refractivity contribution is 5.72. The number of carbonyl (C=O) groups is 3. The molecule has 1 saturated heterocycles. The van der Waals surface area contributed by atoms with Gasteiger partial charge >= 0.3 is 17.9 Å². The van der Waals surface area contributed by atoms with Gasteiger partial charge < -0.3 is 24.1 Å². The van der Waals surface area contributed by atoms with Crippen molar-refractivity contribution in [1.82, 2.24) is 0 Å². The maximum absolute atomic E-state index is 12.8. The smallest absolute Gasteiger partial charge is 0.308 e. The molecule has 0 radical (unpaired) electrons. The highest BCUT2D eigenvalue weighted by Gasteiger charge is 2.73. The maximum Gasteiger partial charge on any atom is 0.308 e. The van der Waals surface area contributed by atoms with E-state index in [1.165, 1.54) is 13.8 Å². The van der Waals surface area contributed by atoms with Crippen LogP contribution in [0.5, 0.6) is 0 Å². The van der Waals surface area contributed by atoms with E-state index in [2.05, 4.69) is 26.5 Å². The number of hydrogen-bond donors (Lipinski definition) is 1. The van der Waals surface area contributed by atoms with E-state index >= 15 is 0 Å². The van der Waals surface area contributed by atoms with E-state index in [-0.39, 0.29) is 29.1 Å². The Morgan fingerprint density at radius 2 is 1.76 bits per heavy atom. The number of allylic oxidation sites excluding steroid dienone is 3. The number of esters is 3. The molecule has 2 unspecified atom stereocenters. The summed E-state index contributed by atoms with van der Waals surface area (Å²) < 4.78 is 23.5. The number of hydrogen-bond acceptors (Lipinski definition) is 8. The second-order valence-electron chi connectivity index (χ2n) is 11.6. The molecular weight excluding hydrogens is 476 g/mol. The fourth-order valence-corrected chi connectivity index (χ4v) is 6.86. The molecule has 37 heavy (non-hydrogen) atoms. The lowest BCUT2D eigenvalue weighted by Gasteiger charge is -2.62. The van der Waals surface area contributed by atoms with Gasteiger partial charge in [0.2, 0.25) is 12.6 Å². The molecule has 8 nitrogen and oxygen atoms in total. The Kier molecular flexibility index (Phi) is 8.95. The molecular formula is C29H44O8. The molecule has 208 valence electrons. The van der Waals surface area contributed by atoms with E-state index in [0.29, 0.717) is 32.1 Å². The Morgan fingerprint density at radius 1 is 1.11 bits per heavy atom. The summed E-state index contributed by atoms with van der Waals surface area (Å²) in [5.41, 5.74) is -0.351. The zero-order valence-electron chi connectivity index (χ0n) is 23.3. The largest absolute Gasteiger partial charge is 0.462 e. The molecule has 1 heterocycles. The Bertz CT molecular complexity index is 927. The van der Waals surface area contributed by atoms with E-state index < -0.39 is 48.1 Å². The number of carbonyl (C=O) groups excluding carboxylic acids is 3. The first-order valence-electron chi connectivity index (χ1n) is 13.5. The lowest BCUT2D eigenvalue weighted by atomic mass is 9.43. The van der Waals surface area contributed by atoms with Crippen molar-refractivity contribution in [3.8, 4) is 0 Å². The molecule has 2 saturated carbocycles. The molecule has 0 aromatic rings. The summed E-state index contributed by atoms with van der Waals surface area (Å²) in [5.74, 6) is -2.28. The van der Waals surface area contributed by atoms with Crippen LogP contribution >= 0.6 is 0 Å². The summed E-state index contributed by atoms with van der Waals surface area (Å²) >= 11 is 0. The predicted molar refractivity (Wildman–Crippen MR) is 137 cm³/mol. The second kappa shape index (κ2) is 11.3. The zero-order chi connectivity index (χ0) is 27.7. The van der Waals surface area contributed by atoms with Crippen molar-refractivity contribution in [1.29, 1.82) is 0 Å². The van der Waals surface area contributed by atoms with Crippen LogP contribution < -0.4 is 0 Å². The second-order valence-corrected chi connectivity index (χ2v) is 11.6. The molecule has 8 heteroatoms. The fourth-order valence-electron chi connectivity index (χ4n) is 6.86. The van der Waals surface area contributed by atoms with Crippen molar-refractivity contribution < 1.29 is 38.4 Å². The van der Waals surface area contributed by atoms with Gasteiger partial charge in [0.1, 0.15) is 6.10 Å². The van der Waals surface area contributed by atoms with E-state index in [4.69, 9.17) is 18.9 Å². The van der Waals surface area contributed by atoms with Gasteiger partial charge in [0.15, 0.2) is 0 Å². The topological polar surface area (TPSA) is 108 Å². The average molecular weight is 521 g/mol. The predicted octanol–water partition coefficient (Wildman–Crippen LogP) is 4.69. The monoisotopic (exact) mass is 520 g/mol. The number of rotatable bonds is 8. The minimum absolute atomic E-state index is 0.0995.